The number of fused-ring (bicyclic) bond motifs is 4. The molecule has 3 aliphatic rings. The minimum absolute atomic E-state index is 0.110. The normalized spacial score (nSPS) is 27.2. The van der Waals surface area contributed by atoms with Crippen molar-refractivity contribution in [1.82, 2.24) is 4.98 Å². The van der Waals surface area contributed by atoms with Crippen LogP contribution in [0.4, 0.5) is 0 Å². The van der Waals surface area contributed by atoms with Crippen LogP contribution in [0.25, 0.3) is 10.9 Å². The van der Waals surface area contributed by atoms with E-state index >= 15 is 0 Å². The number of aromatic nitrogens is 1. The van der Waals surface area contributed by atoms with Crippen LogP contribution >= 0.6 is 0 Å². The maximum Gasteiger partial charge on any atom is 0.135 e. The van der Waals surface area contributed by atoms with Crippen LogP contribution in [0.2, 0.25) is 0 Å². The Hall–Kier alpha value is -2.23. The number of nitrogens with zero attached hydrogens (tertiary/aromatic N) is 1. The van der Waals surface area contributed by atoms with Gasteiger partial charge in [-0.25, -0.2) is 0 Å². The van der Waals surface area contributed by atoms with Crippen molar-refractivity contribution in [3.8, 4) is 0 Å². The van der Waals surface area contributed by atoms with Gasteiger partial charge in [-0.3, -0.25) is 4.98 Å². The summed E-state index contributed by atoms with van der Waals surface area (Å²) < 4.78 is 6.73. The number of nitrogens with one attached hydrogen (secondary N) is 1. The van der Waals surface area contributed by atoms with Gasteiger partial charge in [-0.05, 0) is 35.6 Å². The summed E-state index contributed by atoms with van der Waals surface area (Å²) in [6, 6.07) is 21.8. The first-order valence-corrected chi connectivity index (χ1v) is 11.2. The second kappa shape index (κ2) is 8.25. The standard InChI is InChI=1S/C26H30N2O/c1-2-20-17-28-15-13-21(20)16-25(28)26(29-18-19-8-4-3-5-9-19)23-12-14-27-24-11-7-6-10-22(23)24/h3-12,14,20-21,25-26H,2,13,15-18H2,1H3/p+1/t20?,21?,25?,26-/m0/s1. The number of piperidine rings is 3. The van der Waals surface area contributed by atoms with Crippen LogP contribution in [-0.4, -0.2) is 24.1 Å². The smallest absolute Gasteiger partial charge is 0.135 e. The summed E-state index contributed by atoms with van der Waals surface area (Å²) in [6.45, 7) is 5.62. The molecule has 1 N–H and O–H groups in total. The average Bonchev–Trinajstić information content (AvgIpc) is 2.80. The van der Waals surface area contributed by atoms with Crippen LogP contribution in [0.5, 0.6) is 0 Å². The van der Waals surface area contributed by atoms with E-state index in [1.54, 1.807) is 4.90 Å². The highest BCUT2D eigenvalue weighted by Gasteiger charge is 2.47. The zero-order valence-electron chi connectivity index (χ0n) is 17.3. The monoisotopic (exact) mass is 387 g/mol. The van der Waals surface area contributed by atoms with Gasteiger partial charge in [0, 0.05) is 30.3 Å². The number of rotatable bonds is 6. The van der Waals surface area contributed by atoms with Gasteiger partial charge < -0.3 is 9.64 Å². The molecule has 3 saturated heterocycles. The van der Waals surface area contributed by atoms with Gasteiger partial charge in [0.1, 0.15) is 12.1 Å². The van der Waals surface area contributed by atoms with Crippen molar-refractivity contribution in [1.29, 1.82) is 0 Å². The first-order valence-electron chi connectivity index (χ1n) is 11.2. The van der Waals surface area contributed by atoms with Gasteiger partial charge >= 0.3 is 0 Å². The van der Waals surface area contributed by atoms with E-state index in [1.807, 2.05) is 6.20 Å². The van der Waals surface area contributed by atoms with Gasteiger partial charge in [-0.2, -0.15) is 0 Å². The maximum atomic E-state index is 6.73. The van der Waals surface area contributed by atoms with Gasteiger partial charge in [0.25, 0.3) is 0 Å². The molecule has 0 amide bonds. The SMILES string of the molecule is CCC1C[NH+]2CCC1CC2[C@@H](OCc1ccccc1)c1ccnc2ccccc12. The molecule has 0 radical (unpaired) electrons. The quantitative estimate of drug-likeness (QED) is 0.686. The van der Waals surface area contributed by atoms with Gasteiger partial charge in [0.2, 0.25) is 0 Å². The van der Waals surface area contributed by atoms with Crippen LogP contribution in [0, 0.1) is 11.8 Å². The van der Waals surface area contributed by atoms with Crippen molar-refractivity contribution in [2.45, 2.75) is 44.9 Å². The first kappa shape index (κ1) is 18.8. The highest BCUT2D eigenvalue weighted by Crippen LogP contribution is 2.36. The molecule has 3 aromatic rings. The Morgan fingerprint density at radius 2 is 1.90 bits per heavy atom. The number of para-hydroxylation sites is 1. The third-order valence-corrected chi connectivity index (χ3v) is 7.26. The number of pyridine rings is 1. The maximum absolute atomic E-state index is 6.73. The van der Waals surface area contributed by atoms with Crippen molar-refractivity contribution in [3.63, 3.8) is 0 Å². The molecule has 3 heteroatoms. The Bertz CT molecular complexity index is 952. The largest absolute Gasteiger partial charge is 0.363 e. The Morgan fingerprint density at radius 1 is 1.07 bits per heavy atom. The Morgan fingerprint density at radius 3 is 2.69 bits per heavy atom. The zero-order chi connectivity index (χ0) is 19.6. The van der Waals surface area contributed by atoms with E-state index in [4.69, 9.17) is 4.74 Å². The summed E-state index contributed by atoms with van der Waals surface area (Å²) in [6.07, 6.45) is 6.04. The van der Waals surface area contributed by atoms with Crippen LogP contribution in [0.15, 0.2) is 66.9 Å². The Labute approximate surface area is 173 Å². The third kappa shape index (κ3) is 3.70. The van der Waals surface area contributed by atoms with Crippen molar-refractivity contribution in [2.24, 2.45) is 11.8 Å². The molecule has 0 aliphatic carbocycles. The Kier molecular flexibility index (Phi) is 5.34. The molecule has 0 saturated carbocycles. The third-order valence-electron chi connectivity index (χ3n) is 7.26. The van der Waals surface area contributed by atoms with Crippen molar-refractivity contribution in [3.05, 3.63) is 78.0 Å². The number of hydrogen-bond acceptors (Lipinski definition) is 2. The van der Waals surface area contributed by atoms with E-state index in [9.17, 15) is 0 Å². The molecule has 3 aliphatic heterocycles. The molecule has 1 aromatic heterocycles. The molecule has 2 aromatic carbocycles. The fourth-order valence-electron chi connectivity index (χ4n) is 5.72. The lowest BCUT2D eigenvalue weighted by Crippen LogP contribution is -3.20. The second-order valence-electron chi connectivity index (χ2n) is 8.81. The molecule has 6 rings (SSSR count). The number of ether oxygens (including phenoxy) is 1. The Balaban J connectivity index is 1.49. The second-order valence-corrected chi connectivity index (χ2v) is 8.81. The minimum Gasteiger partial charge on any atom is -0.363 e. The molecule has 5 atom stereocenters. The summed E-state index contributed by atoms with van der Waals surface area (Å²) in [5, 5.41) is 1.24. The van der Waals surface area contributed by atoms with Crippen LogP contribution in [0.1, 0.15) is 43.4 Å². The number of quaternary nitrogens is 1. The first-order chi connectivity index (χ1) is 14.3. The molecular formula is C26H31N2O+. The van der Waals surface area contributed by atoms with Gasteiger partial charge in [-0.1, -0.05) is 55.5 Å². The summed E-state index contributed by atoms with van der Waals surface area (Å²) in [7, 11) is 0. The van der Waals surface area contributed by atoms with Gasteiger partial charge in [-0.15, -0.1) is 0 Å². The van der Waals surface area contributed by atoms with Crippen LogP contribution in [-0.2, 0) is 11.3 Å². The molecule has 3 nitrogen and oxygen atoms in total. The van der Waals surface area contributed by atoms with Crippen molar-refractivity contribution < 1.29 is 9.64 Å². The van der Waals surface area contributed by atoms with E-state index in [0.29, 0.717) is 12.6 Å². The summed E-state index contributed by atoms with van der Waals surface area (Å²) in [5.74, 6) is 1.75. The van der Waals surface area contributed by atoms with E-state index in [0.717, 1.165) is 17.4 Å². The highest BCUT2D eigenvalue weighted by atomic mass is 16.5. The molecule has 2 bridgehead atoms. The predicted molar refractivity (Wildman–Crippen MR) is 117 cm³/mol. The summed E-state index contributed by atoms with van der Waals surface area (Å²) in [5.41, 5.74) is 3.62. The summed E-state index contributed by atoms with van der Waals surface area (Å²) in [4.78, 5) is 6.35. The lowest BCUT2D eigenvalue weighted by molar-refractivity contribution is -0.951. The van der Waals surface area contributed by atoms with E-state index < -0.39 is 0 Å². The molecule has 4 heterocycles. The van der Waals surface area contributed by atoms with E-state index in [2.05, 4.69) is 72.6 Å². The average molecular weight is 388 g/mol. The van der Waals surface area contributed by atoms with Crippen LogP contribution < -0.4 is 4.90 Å². The number of hydrogen-bond donors (Lipinski definition) is 1. The molecule has 150 valence electrons. The highest BCUT2D eigenvalue weighted by molar-refractivity contribution is 5.82. The van der Waals surface area contributed by atoms with Crippen LogP contribution in [0.3, 0.4) is 0 Å². The lowest BCUT2D eigenvalue weighted by Gasteiger charge is -2.49. The fourth-order valence-corrected chi connectivity index (χ4v) is 5.72. The molecular weight excluding hydrogens is 356 g/mol. The van der Waals surface area contributed by atoms with E-state index in [1.165, 1.54) is 48.9 Å². The topological polar surface area (TPSA) is 26.6 Å². The van der Waals surface area contributed by atoms with Gasteiger partial charge in [0.15, 0.2) is 0 Å². The summed E-state index contributed by atoms with van der Waals surface area (Å²) >= 11 is 0. The minimum atomic E-state index is 0.110. The number of benzene rings is 2. The van der Waals surface area contributed by atoms with Gasteiger partial charge in [0.05, 0.1) is 25.2 Å². The molecule has 4 unspecified atom stereocenters. The predicted octanol–water partition coefficient (Wildman–Crippen LogP) is 4.20. The lowest BCUT2D eigenvalue weighted by atomic mass is 9.72. The van der Waals surface area contributed by atoms with Crippen molar-refractivity contribution >= 4 is 10.9 Å². The fraction of sp³-hybridized carbons (Fsp3) is 0.423. The molecule has 0 spiro atoms. The van der Waals surface area contributed by atoms with E-state index in [-0.39, 0.29) is 6.10 Å². The zero-order valence-corrected chi connectivity index (χ0v) is 17.3. The van der Waals surface area contributed by atoms with Crippen molar-refractivity contribution in [2.75, 3.05) is 13.1 Å². The molecule has 29 heavy (non-hydrogen) atoms. The molecule has 3 fully saturated rings.